The first-order valence-corrected chi connectivity index (χ1v) is 6.96. The number of rotatable bonds is 2. The molecule has 0 saturated heterocycles. The monoisotopic (exact) mass is 238 g/mol. The average molecular weight is 238 g/mol. The summed E-state index contributed by atoms with van der Waals surface area (Å²) in [6.45, 7) is 1.13. The standard InChI is InChI=1S/C16H18N2/c1-2-13-4-5-15-9-12(8-14(3-1)16(13)15)10-18-7-6-17-11-18/h1-3,6-7,11-12,15H,4-5,8-10H2/t12-,15-/m0/s1. The molecule has 0 unspecified atom stereocenters. The molecule has 18 heavy (non-hydrogen) atoms. The maximum Gasteiger partial charge on any atom is 0.0945 e. The summed E-state index contributed by atoms with van der Waals surface area (Å²) in [4.78, 5) is 4.14. The van der Waals surface area contributed by atoms with Gasteiger partial charge in [0.05, 0.1) is 6.33 Å². The van der Waals surface area contributed by atoms with Crippen LogP contribution < -0.4 is 0 Å². The smallest absolute Gasteiger partial charge is 0.0945 e. The fraction of sp³-hybridized carbons (Fsp3) is 0.438. The van der Waals surface area contributed by atoms with Gasteiger partial charge >= 0.3 is 0 Å². The molecule has 2 aliphatic carbocycles. The second-order valence-corrected chi connectivity index (χ2v) is 5.79. The molecular formula is C16H18N2. The van der Waals surface area contributed by atoms with Crippen molar-refractivity contribution in [3.05, 3.63) is 53.6 Å². The summed E-state index contributed by atoms with van der Waals surface area (Å²) < 4.78 is 2.23. The number of imidazole rings is 1. The minimum atomic E-state index is 0.782. The zero-order valence-corrected chi connectivity index (χ0v) is 10.5. The van der Waals surface area contributed by atoms with Gasteiger partial charge in [-0.2, -0.15) is 0 Å². The Balaban J connectivity index is 1.62. The Morgan fingerprint density at radius 1 is 1.28 bits per heavy atom. The summed E-state index contributed by atoms with van der Waals surface area (Å²) in [5.41, 5.74) is 4.95. The molecule has 2 aromatic rings. The van der Waals surface area contributed by atoms with Crippen molar-refractivity contribution in [2.45, 2.75) is 38.1 Å². The van der Waals surface area contributed by atoms with Crippen LogP contribution in [0.4, 0.5) is 0 Å². The van der Waals surface area contributed by atoms with Crippen molar-refractivity contribution in [1.82, 2.24) is 9.55 Å². The first kappa shape index (κ1) is 10.4. The predicted octanol–water partition coefficient (Wildman–Crippen LogP) is 3.18. The zero-order chi connectivity index (χ0) is 11.9. The van der Waals surface area contributed by atoms with Crippen LogP contribution in [-0.2, 0) is 19.4 Å². The van der Waals surface area contributed by atoms with Gasteiger partial charge in [0.15, 0.2) is 0 Å². The summed E-state index contributed by atoms with van der Waals surface area (Å²) >= 11 is 0. The quantitative estimate of drug-likeness (QED) is 0.785. The van der Waals surface area contributed by atoms with Crippen LogP contribution in [0.25, 0.3) is 0 Å². The lowest BCUT2D eigenvalue weighted by Crippen LogP contribution is -2.21. The van der Waals surface area contributed by atoms with E-state index in [0.717, 1.165) is 18.4 Å². The van der Waals surface area contributed by atoms with Crippen LogP contribution in [0.1, 0.15) is 35.4 Å². The first-order valence-electron chi connectivity index (χ1n) is 6.96. The van der Waals surface area contributed by atoms with Crippen LogP contribution in [0.5, 0.6) is 0 Å². The molecule has 0 amide bonds. The molecule has 2 heteroatoms. The van der Waals surface area contributed by atoms with Crippen molar-refractivity contribution in [2.24, 2.45) is 5.92 Å². The first-order chi connectivity index (χ1) is 8.90. The average Bonchev–Trinajstić information content (AvgIpc) is 3.01. The topological polar surface area (TPSA) is 17.8 Å². The van der Waals surface area contributed by atoms with Crippen LogP contribution in [-0.4, -0.2) is 9.55 Å². The predicted molar refractivity (Wildman–Crippen MR) is 71.5 cm³/mol. The van der Waals surface area contributed by atoms with Gasteiger partial charge in [0.25, 0.3) is 0 Å². The fourth-order valence-electron chi connectivity index (χ4n) is 3.93. The Kier molecular flexibility index (Phi) is 2.29. The molecule has 0 spiro atoms. The van der Waals surface area contributed by atoms with Crippen LogP contribution >= 0.6 is 0 Å². The number of hydrogen-bond acceptors (Lipinski definition) is 1. The molecule has 1 heterocycles. The Hall–Kier alpha value is -1.57. The number of benzene rings is 1. The summed E-state index contributed by atoms with van der Waals surface area (Å²) in [6, 6.07) is 6.92. The van der Waals surface area contributed by atoms with E-state index in [2.05, 4.69) is 33.9 Å². The highest BCUT2D eigenvalue weighted by atomic mass is 15.0. The van der Waals surface area contributed by atoms with Gasteiger partial charge in [-0.25, -0.2) is 4.98 Å². The molecule has 2 atom stereocenters. The van der Waals surface area contributed by atoms with Gasteiger partial charge in [0.2, 0.25) is 0 Å². The van der Waals surface area contributed by atoms with E-state index >= 15 is 0 Å². The van der Waals surface area contributed by atoms with Crippen LogP contribution in [0, 0.1) is 5.92 Å². The van der Waals surface area contributed by atoms with Gasteiger partial charge in [-0.15, -0.1) is 0 Å². The molecule has 0 aliphatic heterocycles. The number of nitrogens with zero attached hydrogens (tertiary/aromatic N) is 2. The normalized spacial score (nSPS) is 25.1. The van der Waals surface area contributed by atoms with Gasteiger partial charge in [-0.1, -0.05) is 18.2 Å². The molecule has 0 fully saturated rings. The lowest BCUT2D eigenvalue weighted by Gasteiger charge is -2.29. The molecule has 2 aliphatic rings. The van der Waals surface area contributed by atoms with Crippen LogP contribution in [0.2, 0.25) is 0 Å². The minimum absolute atomic E-state index is 0.782. The van der Waals surface area contributed by atoms with E-state index in [1.165, 1.54) is 25.7 Å². The minimum Gasteiger partial charge on any atom is -0.337 e. The number of aryl methyl sites for hydroxylation is 1. The largest absolute Gasteiger partial charge is 0.337 e. The van der Waals surface area contributed by atoms with E-state index in [0.29, 0.717) is 0 Å². The third kappa shape index (κ3) is 1.59. The molecule has 0 bridgehead atoms. The summed E-state index contributed by atoms with van der Waals surface area (Å²) in [6.07, 6.45) is 11.2. The third-order valence-corrected chi connectivity index (χ3v) is 4.61. The van der Waals surface area contributed by atoms with E-state index < -0.39 is 0 Å². The summed E-state index contributed by atoms with van der Waals surface area (Å²) in [7, 11) is 0. The van der Waals surface area contributed by atoms with Crippen LogP contribution in [0.3, 0.4) is 0 Å². The highest BCUT2D eigenvalue weighted by Crippen LogP contribution is 2.44. The van der Waals surface area contributed by atoms with Crippen LogP contribution in [0.15, 0.2) is 36.9 Å². The molecule has 0 saturated carbocycles. The lowest BCUT2D eigenvalue weighted by molar-refractivity contribution is 0.356. The van der Waals surface area contributed by atoms with Crippen molar-refractivity contribution < 1.29 is 0 Å². The lowest BCUT2D eigenvalue weighted by atomic mass is 9.78. The van der Waals surface area contributed by atoms with E-state index in [-0.39, 0.29) is 0 Å². The fourth-order valence-corrected chi connectivity index (χ4v) is 3.93. The van der Waals surface area contributed by atoms with Gasteiger partial charge in [-0.05, 0) is 54.2 Å². The molecule has 0 N–H and O–H groups in total. The van der Waals surface area contributed by atoms with E-state index in [1.807, 2.05) is 12.5 Å². The number of aromatic nitrogens is 2. The molecule has 1 aromatic heterocycles. The maximum atomic E-state index is 4.14. The Morgan fingerprint density at radius 2 is 2.22 bits per heavy atom. The van der Waals surface area contributed by atoms with Crippen molar-refractivity contribution in [3.63, 3.8) is 0 Å². The molecule has 1 aromatic carbocycles. The number of hydrogen-bond donors (Lipinski definition) is 0. The molecule has 4 rings (SSSR count). The summed E-state index contributed by atoms with van der Waals surface area (Å²) in [5, 5.41) is 0. The third-order valence-electron chi connectivity index (χ3n) is 4.61. The van der Waals surface area contributed by atoms with Gasteiger partial charge in [0.1, 0.15) is 0 Å². The SMILES string of the molecule is c1cc2c3c(c1)C[C@H](Cn1ccnc1)C[C@@H]3CC2. The summed E-state index contributed by atoms with van der Waals surface area (Å²) in [5.74, 6) is 1.61. The second kappa shape index (κ2) is 3.98. The van der Waals surface area contributed by atoms with Crippen molar-refractivity contribution in [1.29, 1.82) is 0 Å². The van der Waals surface area contributed by atoms with Crippen molar-refractivity contribution >= 4 is 0 Å². The molecular weight excluding hydrogens is 220 g/mol. The van der Waals surface area contributed by atoms with Crippen molar-refractivity contribution in [3.8, 4) is 0 Å². The highest BCUT2D eigenvalue weighted by Gasteiger charge is 2.32. The van der Waals surface area contributed by atoms with E-state index in [9.17, 15) is 0 Å². The molecule has 2 nitrogen and oxygen atoms in total. The molecule has 92 valence electrons. The Labute approximate surface area is 108 Å². The Bertz CT molecular complexity index is 556. The van der Waals surface area contributed by atoms with Crippen molar-refractivity contribution in [2.75, 3.05) is 0 Å². The Morgan fingerprint density at radius 3 is 3.11 bits per heavy atom. The van der Waals surface area contributed by atoms with E-state index in [4.69, 9.17) is 0 Å². The molecule has 0 radical (unpaired) electrons. The second-order valence-electron chi connectivity index (χ2n) is 5.79. The van der Waals surface area contributed by atoms with Gasteiger partial charge in [0, 0.05) is 18.9 Å². The highest BCUT2D eigenvalue weighted by molar-refractivity contribution is 5.43. The van der Waals surface area contributed by atoms with E-state index in [1.54, 1.807) is 16.7 Å². The zero-order valence-electron chi connectivity index (χ0n) is 10.5. The maximum absolute atomic E-state index is 4.14. The van der Waals surface area contributed by atoms with Gasteiger partial charge in [-0.3, -0.25) is 0 Å². The van der Waals surface area contributed by atoms with Gasteiger partial charge < -0.3 is 4.57 Å².